The molecule has 0 saturated carbocycles. The summed E-state index contributed by atoms with van der Waals surface area (Å²) in [6, 6.07) is 0. The van der Waals surface area contributed by atoms with E-state index in [2.05, 4.69) is 0 Å². The van der Waals surface area contributed by atoms with Crippen molar-refractivity contribution in [3.63, 3.8) is 0 Å². The van der Waals surface area contributed by atoms with Crippen molar-refractivity contribution >= 4 is 27.4 Å². The number of carbonyl (C=O) groups excluding carboxylic acids is 1. The molecule has 106 valence electrons. The minimum Gasteiger partial charge on any atom is -0.300 e. The Morgan fingerprint density at radius 3 is 2.67 bits per heavy atom. The summed E-state index contributed by atoms with van der Waals surface area (Å²) in [5.41, 5.74) is 0. The van der Waals surface area contributed by atoms with Crippen LogP contribution in [-0.4, -0.2) is 43.7 Å². The number of piperidine rings is 1. The zero-order valence-corrected chi connectivity index (χ0v) is 12.6. The first-order chi connectivity index (χ1) is 8.34. The second-order valence-electron chi connectivity index (χ2n) is 5.15. The molecule has 0 aromatic heterocycles. The first-order valence-electron chi connectivity index (χ1n) is 6.36. The Balaban J connectivity index is 2.58. The highest BCUT2D eigenvalue weighted by molar-refractivity contribution is 7.88. The van der Waals surface area contributed by atoms with Crippen LogP contribution in [0.4, 0.5) is 0 Å². The van der Waals surface area contributed by atoms with Crippen molar-refractivity contribution in [2.24, 2.45) is 11.8 Å². The summed E-state index contributed by atoms with van der Waals surface area (Å²) in [5.74, 6) is 0.900. The lowest BCUT2D eigenvalue weighted by Crippen LogP contribution is -2.40. The van der Waals surface area contributed by atoms with Gasteiger partial charge in [-0.2, -0.15) is 0 Å². The van der Waals surface area contributed by atoms with Gasteiger partial charge in [-0.15, -0.1) is 11.6 Å². The van der Waals surface area contributed by atoms with Crippen molar-refractivity contribution in [1.82, 2.24) is 4.31 Å². The van der Waals surface area contributed by atoms with Gasteiger partial charge in [0.2, 0.25) is 10.0 Å². The minimum absolute atomic E-state index is 0.0213. The Hall–Kier alpha value is -0.130. The molecule has 0 N–H and O–H groups in total. The molecular weight excluding hydrogens is 274 g/mol. The summed E-state index contributed by atoms with van der Waals surface area (Å²) in [5, 5.41) is 0. The van der Waals surface area contributed by atoms with E-state index in [9.17, 15) is 13.2 Å². The average Bonchev–Trinajstić information content (AvgIpc) is 2.27. The van der Waals surface area contributed by atoms with E-state index >= 15 is 0 Å². The highest BCUT2D eigenvalue weighted by Gasteiger charge is 2.28. The van der Waals surface area contributed by atoms with E-state index in [1.807, 2.05) is 0 Å². The molecule has 0 spiro atoms. The Labute approximate surface area is 115 Å². The maximum atomic E-state index is 11.5. The number of rotatable bonds is 6. The number of nitrogens with zero attached hydrogens (tertiary/aromatic N) is 1. The molecule has 0 aromatic carbocycles. The molecule has 1 saturated heterocycles. The molecule has 1 rings (SSSR count). The van der Waals surface area contributed by atoms with E-state index in [1.165, 1.54) is 10.6 Å². The smallest absolute Gasteiger partial charge is 0.211 e. The lowest BCUT2D eigenvalue weighted by atomic mass is 9.86. The Kier molecular flexibility index (Phi) is 6.08. The molecule has 0 radical (unpaired) electrons. The van der Waals surface area contributed by atoms with Gasteiger partial charge in [-0.1, -0.05) is 0 Å². The van der Waals surface area contributed by atoms with E-state index in [0.29, 0.717) is 25.4 Å². The number of carbonyl (C=O) groups is 1. The molecule has 18 heavy (non-hydrogen) atoms. The normalized spacial score (nSPS) is 23.8. The van der Waals surface area contributed by atoms with Gasteiger partial charge in [-0.3, -0.25) is 4.79 Å². The summed E-state index contributed by atoms with van der Waals surface area (Å²) in [6.45, 7) is 2.74. The molecule has 1 aliphatic heterocycles. The van der Waals surface area contributed by atoms with Crippen molar-refractivity contribution in [3.8, 4) is 0 Å². The fourth-order valence-corrected chi connectivity index (χ4v) is 3.75. The van der Waals surface area contributed by atoms with Gasteiger partial charge in [0.1, 0.15) is 5.78 Å². The third kappa shape index (κ3) is 4.86. The van der Waals surface area contributed by atoms with Crippen molar-refractivity contribution in [1.29, 1.82) is 0 Å². The van der Waals surface area contributed by atoms with Gasteiger partial charge in [0.15, 0.2) is 0 Å². The number of sulfonamides is 1. The van der Waals surface area contributed by atoms with E-state index in [4.69, 9.17) is 11.6 Å². The van der Waals surface area contributed by atoms with Gasteiger partial charge < -0.3 is 0 Å². The molecule has 0 bridgehead atoms. The topological polar surface area (TPSA) is 54.5 Å². The van der Waals surface area contributed by atoms with Crippen LogP contribution < -0.4 is 0 Å². The van der Waals surface area contributed by atoms with Gasteiger partial charge >= 0.3 is 0 Å². The van der Waals surface area contributed by atoms with Crippen molar-refractivity contribution in [3.05, 3.63) is 0 Å². The van der Waals surface area contributed by atoms with E-state index in [-0.39, 0.29) is 17.6 Å². The SMILES string of the molecule is CC(=O)C(CCCl)CC1CCCN(S(C)(=O)=O)C1. The first-order valence-corrected chi connectivity index (χ1v) is 8.74. The monoisotopic (exact) mass is 295 g/mol. The number of alkyl halides is 1. The number of hydrogen-bond donors (Lipinski definition) is 0. The summed E-state index contributed by atoms with van der Waals surface area (Å²) in [4.78, 5) is 11.5. The molecule has 0 aliphatic carbocycles. The average molecular weight is 296 g/mol. The quantitative estimate of drug-likeness (QED) is 0.703. The van der Waals surface area contributed by atoms with Crippen LogP contribution in [0.5, 0.6) is 0 Å². The molecule has 1 aliphatic rings. The van der Waals surface area contributed by atoms with Crippen molar-refractivity contribution in [2.45, 2.75) is 32.6 Å². The van der Waals surface area contributed by atoms with E-state index < -0.39 is 10.0 Å². The van der Waals surface area contributed by atoms with Crippen LogP contribution in [0.15, 0.2) is 0 Å². The maximum absolute atomic E-state index is 11.5. The zero-order valence-electron chi connectivity index (χ0n) is 11.1. The van der Waals surface area contributed by atoms with E-state index in [0.717, 1.165) is 19.3 Å². The summed E-state index contributed by atoms with van der Waals surface area (Å²) >= 11 is 5.70. The van der Waals surface area contributed by atoms with Gasteiger partial charge in [0, 0.05) is 24.9 Å². The predicted molar refractivity (Wildman–Crippen MR) is 73.3 cm³/mol. The largest absolute Gasteiger partial charge is 0.300 e. The molecule has 1 heterocycles. The van der Waals surface area contributed by atoms with Gasteiger partial charge in [0.25, 0.3) is 0 Å². The Bertz CT molecular complexity index is 383. The molecule has 1 fully saturated rings. The summed E-state index contributed by atoms with van der Waals surface area (Å²) < 4.78 is 24.6. The lowest BCUT2D eigenvalue weighted by molar-refractivity contribution is -0.121. The molecule has 0 aromatic rings. The number of hydrogen-bond acceptors (Lipinski definition) is 3. The predicted octanol–water partition coefficient (Wildman–Crippen LogP) is 1.88. The third-order valence-electron chi connectivity index (χ3n) is 3.60. The molecular formula is C12H22ClNO3S. The van der Waals surface area contributed by atoms with Gasteiger partial charge in [-0.25, -0.2) is 12.7 Å². The number of ketones is 1. The third-order valence-corrected chi connectivity index (χ3v) is 5.09. The van der Waals surface area contributed by atoms with Crippen LogP contribution in [0, 0.1) is 11.8 Å². The fraction of sp³-hybridized carbons (Fsp3) is 0.917. The van der Waals surface area contributed by atoms with Crippen molar-refractivity contribution in [2.75, 3.05) is 25.2 Å². The molecule has 0 amide bonds. The Morgan fingerprint density at radius 2 is 2.17 bits per heavy atom. The minimum atomic E-state index is -3.10. The van der Waals surface area contributed by atoms with Crippen LogP contribution in [0.1, 0.15) is 32.6 Å². The van der Waals surface area contributed by atoms with Crippen molar-refractivity contribution < 1.29 is 13.2 Å². The van der Waals surface area contributed by atoms with Crippen LogP contribution in [0.2, 0.25) is 0 Å². The Morgan fingerprint density at radius 1 is 1.50 bits per heavy atom. The molecule has 2 unspecified atom stereocenters. The molecule has 6 heteroatoms. The summed E-state index contributed by atoms with van der Waals surface area (Å²) in [7, 11) is -3.10. The highest BCUT2D eigenvalue weighted by atomic mass is 35.5. The second kappa shape index (κ2) is 6.87. The maximum Gasteiger partial charge on any atom is 0.211 e. The molecule has 2 atom stereocenters. The lowest BCUT2D eigenvalue weighted by Gasteiger charge is -2.32. The highest BCUT2D eigenvalue weighted by Crippen LogP contribution is 2.26. The summed E-state index contributed by atoms with van der Waals surface area (Å²) in [6.07, 6.45) is 4.57. The molecule has 4 nitrogen and oxygen atoms in total. The fourth-order valence-electron chi connectivity index (χ4n) is 2.54. The van der Waals surface area contributed by atoms with Gasteiger partial charge in [-0.05, 0) is 38.5 Å². The van der Waals surface area contributed by atoms with Crippen LogP contribution >= 0.6 is 11.6 Å². The number of halogens is 1. The van der Waals surface area contributed by atoms with Crippen LogP contribution in [0.3, 0.4) is 0 Å². The number of Topliss-reactive ketones (excluding diaryl/α,β-unsaturated/α-hetero) is 1. The van der Waals surface area contributed by atoms with E-state index in [1.54, 1.807) is 6.92 Å². The second-order valence-corrected chi connectivity index (χ2v) is 7.51. The van der Waals surface area contributed by atoms with Crippen LogP contribution in [0.25, 0.3) is 0 Å². The van der Waals surface area contributed by atoms with Gasteiger partial charge in [0.05, 0.1) is 6.26 Å². The zero-order chi connectivity index (χ0) is 13.8. The standard InChI is InChI=1S/C12H22ClNO3S/c1-10(15)12(5-6-13)8-11-4-3-7-14(9-11)18(2,16)17/h11-12H,3-9H2,1-2H3. The first kappa shape index (κ1) is 15.9. The van der Waals surface area contributed by atoms with Crippen LogP contribution in [-0.2, 0) is 14.8 Å².